The summed E-state index contributed by atoms with van der Waals surface area (Å²) >= 11 is 0. The maximum absolute atomic E-state index is 13.0. The predicted octanol–water partition coefficient (Wildman–Crippen LogP) is 5.78. The van der Waals surface area contributed by atoms with E-state index in [0.717, 1.165) is 35.5 Å². The third-order valence-corrected chi connectivity index (χ3v) is 5.67. The maximum Gasteiger partial charge on any atom is 0.255 e. The molecule has 0 saturated carbocycles. The Hall–Kier alpha value is -3.58. The summed E-state index contributed by atoms with van der Waals surface area (Å²) in [6.07, 6.45) is 3.64. The minimum absolute atomic E-state index is 0.202. The summed E-state index contributed by atoms with van der Waals surface area (Å²) in [4.78, 5) is 15.3. The van der Waals surface area contributed by atoms with Gasteiger partial charge in [0.2, 0.25) is 0 Å². The molecule has 1 fully saturated rings. The van der Waals surface area contributed by atoms with Crippen LogP contribution in [-0.4, -0.2) is 19.0 Å². The SMILES string of the molecule is Cc1ccccc1-c1ccc(C#N)c(NC(=O)c2cccc(N3CCCCC3)c2)c1. The zero-order valence-corrected chi connectivity index (χ0v) is 17.2. The van der Waals surface area contributed by atoms with Gasteiger partial charge in [-0.05, 0) is 73.2 Å². The molecule has 1 heterocycles. The molecule has 1 saturated heterocycles. The molecule has 0 spiro atoms. The van der Waals surface area contributed by atoms with Crippen molar-refractivity contribution in [3.63, 3.8) is 0 Å². The number of aryl methyl sites for hydroxylation is 1. The number of piperidine rings is 1. The van der Waals surface area contributed by atoms with Gasteiger partial charge in [0, 0.05) is 24.3 Å². The lowest BCUT2D eigenvalue weighted by Gasteiger charge is -2.29. The van der Waals surface area contributed by atoms with Gasteiger partial charge in [-0.3, -0.25) is 4.79 Å². The standard InChI is InChI=1S/C26H25N3O/c1-19-8-3-4-11-24(19)20-12-13-22(18-27)25(17-20)28-26(30)21-9-7-10-23(16-21)29-14-5-2-6-15-29/h3-4,7-13,16-17H,2,5-6,14-15H2,1H3,(H,28,30). The molecule has 1 N–H and O–H groups in total. The van der Waals surface area contributed by atoms with Crippen molar-refractivity contribution >= 4 is 17.3 Å². The Bertz CT molecular complexity index is 1110. The normalized spacial score (nSPS) is 13.5. The van der Waals surface area contributed by atoms with E-state index in [4.69, 9.17) is 0 Å². The van der Waals surface area contributed by atoms with Crippen molar-refractivity contribution in [3.05, 3.63) is 83.4 Å². The molecule has 30 heavy (non-hydrogen) atoms. The van der Waals surface area contributed by atoms with Gasteiger partial charge in [0.15, 0.2) is 0 Å². The van der Waals surface area contributed by atoms with Crippen LogP contribution in [0.5, 0.6) is 0 Å². The molecule has 4 nitrogen and oxygen atoms in total. The summed E-state index contributed by atoms with van der Waals surface area (Å²) in [6.45, 7) is 4.11. The first kappa shape index (κ1) is 19.7. The molecule has 0 atom stereocenters. The lowest BCUT2D eigenvalue weighted by Crippen LogP contribution is -2.29. The highest BCUT2D eigenvalue weighted by Crippen LogP contribution is 2.28. The van der Waals surface area contributed by atoms with E-state index in [0.29, 0.717) is 16.8 Å². The average molecular weight is 396 g/mol. The topological polar surface area (TPSA) is 56.1 Å². The van der Waals surface area contributed by atoms with Crippen LogP contribution in [0.15, 0.2) is 66.7 Å². The number of nitrogens with zero attached hydrogens (tertiary/aromatic N) is 2. The molecule has 0 radical (unpaired) electrons. The highest BCUT2D eigenvalue weighted by atomic mass is 16.1. The number of nitriles is 1. The Morgan fingerprint density at radius 3 is 2.53 bits per heavy atom. The molecular formula is C26H25N3O. The van der Waals surface area contributed by atoms with Crippen LogP contribution in [0, 0.1) is 18.3 Å². The molecule has 4 rings (SSSR count). The number of nitrogens with one attached hydrogen (secondary N) is 1. The lowest BCUT2D eigenvalue weighted by molar-refractivity contribution is 0.102. The fourth-order valence-corrected chi connectivity index (χ4v) is 4.00. The fraction of sp³-hybridized carbons (Fsp3) is 0.231. The number of rotatable bonds is 4. The molecule has 1 amide bonds. The molecule has 3 aromatic rings. The summed E-state index contributed by atoms with van der Waals surface area (Å²) in [5.74, 6) is -0.202. The maximum atomic E-state index is 13.0. The Morgan fingerprint density at radius 2 is 1.77 bits per heavy atom. The van der Waals surface area contributed by atoms with Crippen LogP contribution in [0.4, 0.5) is 11.4 Å². The first-order valence-electron chi connectivity index (χ1n) is 10.4. The lowest BCUT2D eigenvalue weighted by atomic mass is 9.98. The molecule has 0 aliphatic carbocycles. The Kier molecular flexibility index (Phi) is 5.81. The van der Waals surface area contributed by atoms with E-state index in [9.17, 15) is 10.1 Å². The fourth-order valence-electron chi connectivity index (χ4n) is 4.00. The van der Waals surface area contributed by atoms with Crippen LogP contribution in [0.3, 0.4) is 0 Å². The highest BCUT2D eigenvalue weighted by Gasteiger charge is 2.15. The van der Waals surface area contributed by atoms with Crippen molar-refractivity contribution in [2.45, 2.75) is 26.2 Å². The van der Waals surface area contributed by atoms with E-state index in [1.54, 1.807) is 6.07 Å². The monoisotopic (exact) mass is 395 g/mol. The molecule has 1 aliphatic rings. The quantitative estimate of drug-likeness (QED) is 0.609. The van der Waals surface area contributed by atoms with Gasteiger partial charge in [0.25, 0.3) is 5.91 Å². The van der Waals surface area contributed by atoms with Gasteiger partial charge in [0.05, 0.1) is 11.3 Å². The van der Waals surface area contributed by atoms with Gasteiger partial charge in [0.1, 0.15) is 6.07 Å². The molecule has 0 aromatic heterocycles. The highest BCUT2D eigenvalue weighted by molar-refractivity contribution is 6.05. The molecule has 0 unspecified atom stereocenters. The smallest absolute Gasteiger partial charge is 0.255 e. The van der Waals surface area contributed by atoms with Crippen LogP contribution in [0.2, 0.25) is 0 Å². The van der Waals surface area contributed by atoms with E-state index < -0.39 is 0 Å². The average Bonchev–Trinajstić information content (AvgIpc) is 2.80. The van der Waals surface area contributed by atoms with Crippen molar-refractivity contribution in [1.29, 1.82) is 5.26 Å². The van der Waals surface area contributed by atoms with Gasteiger partial charge in [-0.25, -0.2) is 0 Å². The molecule has 3 aromatic carbocycles. The zero-order chi connectivity index (χ0) is 20.9. The second-order valence-electron chi connectivity index (χ2n) is 7.74. The third-order valence-electron chi connectivity index (χ3n) is 5.67. The van der Waals surface area contributed by atoms with Crippen molar-refractivity contribution in [1.82, 2.24) is 0 Å². The second-order valence-corrected chi connectivity index (χ2v) is 7.74. The summed E-state index contributed by atoms with van der Waals surface area (Å²) < 4.78 is 0. The third kappa shape index (κ3) is 4.21. The first-order valence-corrected chi connectivity index (χ1v) is 10.4. The van der Waals surface area contributed by atoms with Gasteiger partial charge >= 0.3 is 0 Å². The number of hydrogen-bond acceptors (Lipinski definition) is 3. The first-order chi connectivity index (χ1) is 14.7. The predicted molar refractivity (Wildman–Crippen MR) is 122 cm³/mol. The van der Waals surface area contributed by atoms with Crippen LogP contribution >= 0.6 is 0 Å². The van der Waals surface area contributed by atoms with Gasteiger partial charge in [-0.2, -0.15) is 5.26 Å². The number of carbonyl (C=O) groups is 1. The summed E-state index contributed by atoms with van der Waals surface area (Å²) in [6, 6.07) is 23.6. The molecule has 0 bridgehead atoms. The van der Waals surface area contributed by atoms with E-state index in [1.807, 2.05) is 48.5 Å². The number of anilines is 2. The second kappa shape index (κ2) is 8.84. The molecule has 1 aliphatic heterocycles. The van der Waals surface area contributed by atoms with Gasteiger partial charge < -0.3 is 10.2 Å². The van der Waals surface area contributed by atoms with Gasteiger partial charge in [-0.15, -0.1) is 0 Å². The van der Waals surface area contributed by atoms with Crippen LogP contribution in [0.25, 0.3) is 11.1 Å². The Balaban J connectivity index is 1.61. The van der Waals surface area contributed by atoms with E-state index >= 15 is 0 Å². The van der Waals surface area contributed by atoms with Crippen molar-refractivity contribution in [2.24, 2.45) is 0 Å². The summed E-state index contributed by atoms with van der Waals surface area (Å²) in [5.41, 5.74) is 5.88. The summed E-state index contributed by atoms with van der Waals surface area (Å²) in [5, 5.41) is 12.5. The van der Waals surface area contributed by atoms with E-state index in [1.165, 1.54) is 19.3 Å². The number of hydrogen-bond donors (Lipinski definition) is 1. The van der Waals surface area contributed by atoms with E-state index in [-0.39, 0.29) is 5.91 Å². The van der Waals surface area contributed by atoms with Crippen molar-refractivity contribution < 1.29 is 4.79 Å². The van der Waals surface area contributed by atoms with Crippen LogP contribution < -0.4 is 10.2 Å². The minimum atomic E-state index is -0.202. The van der Waals surface area contributed by atoms with Crippen molar-refractivity contribution in [2.75, 3.05) is 23.3 Å². The molecule has 4 heteroatoms. The Morgan fingerprint density at radius 1 is 0.967 bits per heavy atom. The minimum Gasteiger partial charge on any atom is -0.372 e. The molecular weight excluding hydrogens is 370 g/mol. The number of carbonyl (C=O) groups excluding carboxylic acids is 1. The summed E-state index contributed by atoms with van der Waals surface area (Å²) in [7, 11) is 0. The molecule has 150 valence electrons. The number of amides is 1. The van der Waals surface area contributed by atoms with Crippen molar-refractivity contribution in [3.8, 4) is 17.2 Å². The zero-order valence-electron chi connectivity index (χ0n) is 17.2. The number of benzene rings is 3. The van der Waals surface area contributed by atoms with E-state index in [2.05, 4.69) is 35.3 Å². The largest absolute Gasteiger partial charge is 0.372 e. The van der Waals surface area contributed by atoms with Crippen LogP contribution in [-0.2, 0) is 0 Å². The Labute approximate surface area is 177 Å². The van der Waals surface area contributed by atoms with Crippen LogP contribution in [0.1, 0.15) is 40.7 Å². The van der Waals surface area contributed by atoms with Gasteiger partial charge in [-0.1, -0.05) is 36.4 Å².